The van der Waals surface area contributed by atoms with E-state index in [0.29, 0.717) is 24.7 Å². The van der Waals surface area contributed by atoms with Gasteiger partial charge in [0.25, 0.3) is 5.91 Å². The number of anilines is 2. The third kappa shape index (κ3) is 7.68. The summed E-state index contributed by atoms with van der Waals surface area (Å²) in [5.74, 6) is 0.624. The average Bonchev–Trinajstić information content (AvgIpc) is 3.04. The molecule has 2 N–H and O–H groups in total. The molecular weight excluding hydrogens is 528 g/mol. The minimum atomic E-state index is -0.309. The third-order valence-corrected chi connectivity index (χ3v) is 8.34. The van der Waals surface area contributed by atoms with Crippen molar-refractivity contribution in [3.63, 3.8) is 0 Å². The lowest BCUT2D eigenvalue weighted by atomic mass is 9.96. The van der Waals surface area contributed by atoms with Crippen LogP contribution in [0.5, 0.6) is 0 Å². The number of carbonyl (C=O) groups is 2. The molecule has 0 atom stereocenters. The number of piperidine rings is 1. The van der Waals surface area contributed by atoms with E-state index in [1.165, 1.54) is 31.5 Å². The Bertz CT molecular complexity index is 1340. The maximum absolute atomic E-state index is 13.7. The topological polar surface area (TPSA) is 107 Å². The van der Waals surface area contributed by atoms with Gasteiger partial charge in [0, 0.05) is 56.9 Å². The lowest BCUT2D eigenvalue weighted by Gasteiger charge is -2.38. The van der Waals surface area contributed by atoms with Gasteiger partial charge in [-0.2, -0.15) is 0 Å². The quantitative estimate of drug-likeness (QED) is 0.381. The van der Waals surface area contributed by atoms with Crippen molar-refractivity contribution < 1.29 is 9.59 Å². The van der Waals surface area contributed by atoms with Gasteiger partial charge >= 0.3 is 0 Å². The molecule has 222 valence electrons. The van der Waals surface area contributed by atoms with Crippen molar-refractivity contribution in [2.75, 3.05) is 69.5 Å². The second-order valence-corrected chi connectivity index (χ2v) is 11.1. The maximum atomic E-state index is 13.7. The molecule has 10 nitrogen and oxygen atoms in total. The van der Waals surface area contributed by atoms with Crippen LogP contribution in [0.3, 0.4) is 0 Å². The molecule has 0 unspecified atom stereocenters. The smallest absolute Gasteiger partial charge is 0.274 e. The highest BCUT2D eigenvalue weighted by Gasteiger charge is 2.28. The van der Waals surface area contributed by atoms with E-state index in [0.717, 1.165) is 49.6 Å². The van der Waals surface area contributed by atoms with Gasteiger partial charge in [-0.1, -0.05) is 38.1 Å². The van der Waals surface area contributed by atoms with E-state index in [-0.39, 0.29) is 24.1 Å². The molecule has 0 radical (unpaired) electrons. The van der Waals surface area contributed by atoms with Crippen molar-refractivity contribution in [2.45, 2.75) is 33.1 Å². The lowest BCUT2D eigenvalue weighted by molar-refractivity contribution is -0.114. The minimum Gasteiger partial charge on any atom is -0.345 e. The van der Waals surface area contributed by atoms with Crippen LogP contribution in [0, 0.1) is 5.92 Å². The molecule has 42 heavy (non-hydrogen) atoms. The van der Waals surface area contributed by atoms with E-state index in [9.17, 15) is 9.59 Å². The third-order valence-electron chi connectivity index (χ3n) is 8.34. The number of benzene rings is 1. The SMILES string of the molecule is CCc1cccc(-c2cnc(C(=O)N3CCN(CC4CCN(CC)CC4)CC3)c(NC(=O)CNc3ncccn3)c2)c1. The van der Waals surface area contributed by atoms with E-state index >= 15 is 0 Å². The van der Waals surface area contributed by atoms with E-state index in [4.69, 9.17) is 0 Å². The number of hydrogen-bond donors (Lipinski definition) is 2. The number of rotatable bonds is 10. The molecule has 0 spiro atoms. The van der Waals surface area contributed by atoms with Crippen molar-refractivity contribution in [3.8, 4) is 11.1 Å². The highest BCUT2D eigenvalue weighted by atomic mass is 16.2. The molecular formula is C32H42N8O2. The predicted molar refractivity (Wildman–Crippen MR) is 165 cm³/mol. The van der Waals surface area contributed by atoms with Crippen molar-refractivity contribution in [1.82, 2.24) is 29.7 Å². The number of aryl methyl sites for hydroxylation is 1. The molecule has 4 heterocycles. The van der Waals surface area contributed by atoms with Crippen molar-refractivity contribution in [2.24, 2.45) is 5.92 Å². The molecule has 0 saturated carbocycles. The Labute approximate surface area is 248 Å². The van der Waals surface area contributed by atoms with Gasteiger partial charge in [-0.25, -0.2) is 15.0 Å². The van der Waals surface area contributed by atoms with Crippen molar-refractivity contribution in [3.05, 3.63) is 66.2 Å². The largest absolute Gasteiger partial charge is 0.345 e. The van der Waals surface area contributed by atoms with Crippen LogP contribution >= 0.6 is 0 Å². The molecule has 2 aliphatic heterocycles. The summed E-state index contributed by atoms with van der Waals surface area (Å²) >= 11 is 0. The van der Waals surface area contributed by atoms with Crippen LogP contribution in [0.25, 0.3) is 11.1 Å². The Morgan fingerprint density at radius 2 is 1.64 bits per heavy atom. The first-order valence-electron chi connectivity index (χ1n) is 15.2. The number of carbonyl (C=O) groups excluding carboxylic acids is 2. The Morgan fingerprint density at radius 1 is 0.881 bits per heavy atom. The lowest BCUT2D eigenvalue weighted by Crippen LogP contribution is -2.50. The molecule has 5 rings (SSSR count). The van der Waals surface area contributed by atoms with Crippen LogP contribution in [-0.2, 0) is 11.2 Å². The van der Waals surface area contributed by atoms with Crippen LogP contribution in [0.15, 0.2) is 55.0 Å². The molecule has 1 aromatic carbocycles. The summed E-state index contributed by atoms with van der Waals surface area (Å²) in [5, 5.41) is 5.85. The maximum Gasteiger partial charge on any atom is 0.274 e. The Balaban J connectivity index is 1.27. The predicted octanol–water partition coefficient (Wildman–Crippen LogP) is 3.64. The molecule has 2 aliphatic rings. The summed E-state index contributed by atoms with van der Waals surface area (Å²) < 4.78 is 0. The van der Waals surface area contributed by atoms with Gasteiger partial charge in [-0.3, -0.25) is 14.5 Å². The standard InChI is InChI=1S/C32H42N8O2/c1-3-24-7-5-8-26(19-24)27-20-28(37-29(41)22-36-32-33-11-6-12-34-32)30(35-21-27)31(42)40-17-15-39(16-18-40)23-25-9-13-38(4-2)14-10-25/h5-8,11-12,19-21,25H,3-4,9-10,13-18,22-23H2,1-2H3,(H,37,41)(H,33,34,36). The molecule has 2 fully saturated rings. The summed E-state index contributed by atoms with van der Waals surface area (Å²) in [7, 11) is 0. The summed E-state index contributed by atoms with van der Waals surface area (Å²) in [5.41, 5.74) is 3.71. The van der Waals surface area contributed by atoms with Gasteiger partial charge in [0.05, 0.1) is 12.2 Å². The summed E-state index contributed by atoms with van der Waals surface area (Å²) in [6, 6.07) is 11.8. The molecule has 2 amide bonds. The monoisotopic (exact) mass is 570 g/mol. The Hall–Kier alpha value is -3.89. The van der Waals surface area contributed by atoms with Crippen molar-refractivity contribution >= 4 is 23.5 Å². The van der Waals surface area contributed by atoms with Gasteiger partial charge in [0.2, 0.25) is 11.9 Å². The zero-order valence-electron chi connectivity index (χ0n) is 24.8. The number of pyridine rings is 1. The van der Waals surface area contributed by atoms with Crippen molar-refractivity contribution in [1.29, 1.82) is 0 Å². The molecule has 2 saturated heterocycles. The summed E-state index contributed by atoms with van der Waals surface area (Å²) in [6.07, 6.45) is 8.36. The number of nitrogens with zero attached hydrogens (tertiary/aromatic N) is 6. The molecule has 0 bridgehead atoms. The molecule has 10 heteroatoms. The van der Waals surface area contributed by atoms with Crippen LogP contribution in [0.1, 0.15) is 42.7 Å². The van der Waals surface area contributed by atoms with Crippen LogP contribution in [-0.4, -0.2) is 100 Å². The zero-order valence-corrected chi connectivity index (χ0v) is 24.8. The van der Waals surface area contributed by atoms with E-state index in [1.807, 2.05) is 23.1 Å². The molecule has 0 aliphatic carbocycles. The van der Waals surface area contributed by atoms with E-state index in [2.05, 4.69) is 61.4 Å². The van der Waals surface area contributed by atoms with Crippen LogP contribution < -0.4 is 10.6 Å². The first-order chi connectivity index (χ1) is 20.5. The zero-order chi connectivity index (χ0) is 29.3. The second kappa shape index (κ2) is 14.3. The van der Waals surface area contributed by atoms with Crippen LogP contribution in [0.4, 0.5) is 11.6 Å². The Morgan fingerprint density at radius 3 is 2.36 bits per heavy atom. The first-order valence-corrected chi connectivity index (χ1v) is 15.2. The fourth-order valence-electron chi connectivity index (χ4n) is 5.74. The van der Waals surface area contributed by atoms with Gasteiger partial charge < -0.3 is 20.4 Å². The fraction of sp³-hybridized carbons (Fsp3) is 0.469. The van der Waals surface area contributed by atoms with Gasteiger partial charge in [0.1, 0.15) is 0 Å². The number of nitrogens with one attached hydrogen (secondary N) is 2. The molecule has 3 aromatic rings. The highest BCUT2D eigenvalue weighted by Crippen LogP contribution is 2.27. The second-order valence-electron chi connectivity index (χ2n) is 11.1. The van der Waals surface area contributed by atoms with Gasteiger partial charge in [0.15, 0.2) is 5.69 Å². The average molecular weight is 571 g/mol. The number of aromatic nitrogens is 3. The van der Waals surface area contributed by atoms with Gasteiger partial charge in [-0.05, 0) is 68.1 Å². The summed E-state index contributed by atoms with van der Waals surface area (Å²) in [6.45, 7) is 11.9. The summed E-state index contributed by atoms with van der Waals surface area (Å²) in [4.78, 5) is 46.4. The number of hydrogen-bond acceptors (Lipinski definition) is 8. The number of likely N-dealkylation sites (tertiary alicyclic amines) is 1. The molecule has 2 aromatic heterocycles. The number of amides is 2. The van der Waals surface area contributed by atoms with Gasteiger partial charge in [-0.15, -0.1) is 0 Å². The van der Waals surface area contributed by atoms with Crippen LogP contribution in [0.2, 0.25) is 0 Å². The first kappa shape index (κ1) is 29.6. The number of piperazine rings is 1. The normalized spacial score (nSPS) is 16.8. The fourth-order valence-corrected chi connectivity index (χ4v) is 5.74. The minimum absolute atomic E-state index is 0.0386. The highest BCUT2D eigenvalue weighted by molar-refractivity contribution is 6.03. The Kier molecular flexibility index (Phi) is 10.1. The van der Waals surface area contributed by atoms with E-state index in [1.54, 1.807) is 24.7 Å². The van der Waals surface area contributed by atoms with E-state index < -0.39 is 0 Å².